The SMILES string of the molecule is O=c1c(I)c(Cl)ncn1C1CCOC2(CCCC2)C1. The van der Waals surface area contributed by atoms with Gasteiger partial charge in [-0.2, -0.15) is 0 Å². The van der Waals surface area contributed by atoms with Gasteiger partial charge in [-0.05, 0) is 48.3 Å². The van der Waals surface area contributed by atoms with Gasteiger partial charge in [-0.25, -0.2) is 4.98 Å². The molecule has 2 aliphatic rings. The minimum atomic E-state index is -0.0272. The molecule has 1 aliphatic heterocycles. The van der Waals surface area contributed by atoms with Crippen molar-refractivity contribution in [2.45, 2.75) is 50.2 Å². The van der Waals surface area contributed by atoms with Crippen LogP contribution in [0, 0.1) is 3.57 Å². The van der Waals surface area contributed by atoms with Gasteiger partial charge in [0.2, 0.25) is 0 Å². The van der Waals surface area contributed by atoms with Gasteiger partial charge in [0.05, 0.1) is 11.9 Å². The lowest BCUT2D eigenvalue weighted by Crippen LogP contribution is -2.41. The zero-order valence-corrected chi connectivity index (χ0v) is 13.5. The lowest BCUT2D eigenvalue weighted by Gasteiger charge is -2.38. The van der Waals surface area contributed by atoms with E-state index in [1.165, 1.54) is 12.8 Å². The predicted octanol–water partition coefficient (Wildman–Crippen LogP) is 3.17. The third kappa shape index (κ3) is 2.56. The molecule has 19 heavy (non-hydrogen) atoms. The highest BCUT2D eigenvalue weighted by molar-refractivity contribution is 14.1. The lowest BCUT2D eigenvalue weighted by molar-refractivity contribution is -0.0900. The standard InChI is InChI=1S/C13H16ClIN2O2/c14-11-10(15)12(18)17(8-16-11)9-3-6-19-13(7-9)4-1-2-5-13/h8-9H,1-7H2. The van der Waals surface area contributed by atoms with Crippen molar-refractivity contribution in [1.29, 1.82) is 0 Å². The van der Waals surface area contributed by atoms with Gasteiger partial charge in [0, 0.05) is 12.6 Å². The van der Waals surface area contributed by atoms with Crippen LogP contribution in [0.4, 0.5) is 0 Å². The largest absolute Gasteiger partial charge is 0.375 e. The molecule has 3 rings (SSSR count). The second-order valence-corrected chi connectivity index (χ2v) is 6.88. The molecule has 1 saturated carbocycles. The monoisotopic (exact) mass is 394 g/mol. The maximum absolute atomic E-state index is 12.3. The number of rotatable bonds is 1. The quantitative estimate of drug-likeness (QED) is 0.543. The molecule has 6 heteroatoms. The number of nitrogens with zero attached hydrogens (tertiary/aromatic N) is 2. The van der Waals surface area contributed by atoms with E-state index < -0.39 is 0 Å². The Bertz CT molecular complexity index is 540. The third-order valence-corrected chi connectivity index (χ3v) is 5.85. The summed E-state index contributed by atoms with van der Waals surface area (Å²) in [7, 11) is 0. The molecule has 0 bridgehead atoms. The van der Waals surface area contributed by atoms with E-state index in [1.54, 1.807) is 10.9 Å². The van der Waals surface area contributed by atoms with E-state index in [1.807, 2.05) is 22.6 Å². The van der Waals surface area contributed by atoms with Crippen LogP contribution in [0.25, 0.3) is 0 Å². The topological polar surface area (TPSA) is 44.1 Å². The van der Waals surface area contributed by atoms with Crippen LogP contribution >= 0.6 is 34.2 Å². The van der Waals surface area contributed by atoms with Gasteiger partial charge in [-0.3, -0.25) is 9.36 Å². The molecule has 0 N–H and O–H groups in total. The Labute approximate surface area is 130 Å². The number of halogens is 2. The van der Waals surface area contributed by atoms with Gasteiger partial charge in [0.1, 0.15) is 8.72 Å². The first-order valence-electron chi connectivity index (χ1n) is 6.67. The van der Waals surface area contributed by atoms with Crippen molar-refractivity contribution in [2.24, 2.45) is 0 Å². The fraction of sp³-hybridized carbons (Fsp3) is 0.692. The first kappa shape index (κ1) is 13.8. The highest BCUT2D eigenvalue weighted by atomic mass is 127. The Kier molecular flexibility index (Phi) is 3.88. The number of ether oxygens (including phenoxy) is 1. The van der Waals surface area contributed by atoms with Crippen LogP contribution in [0.5, 0.6) is 0 Å². The molecule has 4 nitrogen and oxygen atoms in total. The summed E-state index contributed by atoms with van der Waals surface area (Å²) in [5.41, 5.74) is -0.0198. The van der Waals surface area contributed by atoms with E-state index in [9.17, 15) is 4.79 Å². The van der Waals surface area contributed by atoms with E-state index in [0.29, 0.717) is 8.72 Å². The third-order valence-electron chi connectivity index (χ3n) is 4.27. The number of hydrogen-bond donors (Lipinski definition) is 0. The van der Waals surface area contributed by atoms with Crippen LogP contribution < -0.4 is 5.56 Å². The first-order valence-corrected chi connectivity index (χ1v) is 8.13. The van der Waals surface area contributed by atoms with Crippen LogP contribution in [0.1, 0.15) is 44.6 Å². The Morgan fingerprint density at radius 1 is 1.47 bits per heavy atom. The van der Waals surface area contributed by atoms with E-state index in [4.69, 9.17) is 16.3 Å². The summed E-state index contributed by atoms with van der Waals surface area (Å²) in [5.74, 6) is 0. The van der Waals surface area contributed by atoms with Crippen molar-refractivity contribution < 1.29 is 4.74 Å². The Morgan fingerprint density at radius 3 is 2.95 bits per heavy atom. The second kappa shape index (κ2) is 5.33. The maximum Gasteiger partial charge on any atom is 0.268 e. The van der Waals surface area contributed by atoms with Crippen molar-refractivity contribution in [1.82, 2.24) is 9.55 Å². The Morgan fingerprint density at radius 2 is 2.21 bits per heavy atom. The summed E-state index contributed by atoms with van der Waals surface area (Å²) in [5, 5.41) is 0.296. The molecule has 1 aromatic heterocycles. The summed E-state index contributed by atoms with van der Waals surface area (Å²) < 4.78 is 8.26. The second-order valence-electron chi connectivity index (χ2n) is 5.45. The van der Waals surface area contributed by atoms with Gasteiger partial charge in [-0.1, -0.05) is 24.4 Å². The summed E-state index contributed by atoms with van der Waals surface area (Å²) in [6, 6.07) is 0.192. The van der Waals surface area contributed by atoms with E-state index >= 15 is 0 Å². The van der Waals surface area contributed by atoms with Crippen LogP contribution in [0.3, 0.4) is 0 Å². The molecule has 0 radical (unpaired) electrons. The van der Waals surface area contributed by atoms with Crippen molar-refractivity contribution in [3.8, 4) is 0 Å². The van der Waals surface area contributed by atoms with Gasteiger partial charge in [0.25, 0.3) is 5.56 Å². The Balaban J connectivity index is 1.90. The summed E-state index contributed by atoms with van der Waals surface area (Å²) >= 11 is 7.86. The van der Waals surface area contributed by atoms with Crippen molar-refractivity contribution in [3.63, 3.8) is 0 Å². The molecule has 0 aromatic carbocycles. The molecule has 1 aliphatic carbocycles. The van der Waals surface area contributed by atoms with Gasteiger partial charge < -0.3 is 4.74 Å². The lowest BCUT2D eigenvalue weighted by atomic mass is 9.89. The molecule has 1 unspecified atom stereocenters. The van der Waals surface area contributed by atoms with Crippen LogP contribution in [0.15, 0.2) is 11.1 Å². The average Bonchev–Trinajstić information content (AvgIpc) is 2.84. The highest BCUT2D eigenvalue weighted by Crippen LogP contribution is 2.43. The van der Waals surface area contributed by atoms with Crippen molar-refractivity contribution >= 4 is 34.2 Å². The van der Waals surface area contributed by atoms with Crippen molar-refractivity contribution in [3.05, 3.63) is 25.4 Å². The van der Waals surface area contributed by atoms with Gasteiger partial charge in [0.15, 0.2) is 0 Å². The molecule has 1 atom stereocenters. The van der Waals surface area contributed by atoms with E-state index in [-0.39, 0.29) is 17.2 Å². The predicted molar refractivity (Wildman–Crippen MR) is 81.6 cm³/mol. The van der Waals surface area contributed by atoms with Gasteiger partial charge >= 0.3 is 0 Å². The minimum Gasteiger partial charge on any atom is -0.375 e. The molecule has 1 aromatic rings. The molecule has 1 saturated heterocycles. The summed E-state index contributed by atoms with van der Waals surface area (Å²) in [4.78, 5) is 16.4. The maximum atomic E-state index is 12.3. The van der Waals surface area contributed by atoms with Crippen LogP contribution in [-0.2, 0) is 4.74 Å². The first-order chi connectivity index (χ1) is 9.11. The molecule has 2 fully saturated rings. The molecule has 0 amide bonds. The number of hydrogen-bond acceptors (Lipinski definition) is 3. The molecule has 1 spiro atoms. The fourth-order valence-corrected chi connectivity index (χ4v) is 3.83. The molecular formula is C13H16ClIN2O2. The van der Waals surface area contributed by atoms with Gasteiger partial charge in [-0.15, -0.1) is 0 Å². The van der Waals surface area contributed by atoms with Crippen molar-refractivity contribution in [2.75, 3.05) is 6.61 Å². The molecule has 2 heterocycles. The normalized spacial score (nSPS) is 25.9. The van der Waals surface area contributed by atoms with Crippen LogP contribution in [-0.4, -0.2) is 21.8 Å². The van der Waals surface area contributed by atoms with Crippen LogP contribution in [0.2, 0.25) is 5.15 Å². The van der Waals surface area contributed by atoms with E-state index in [0.717, 1.165) is 32.3 Å². The average molecular weight is 395 g/mol. The summed E-state index contributed by atoms with van der Waals surface area (Å²) in [6.45, 7) is 0.732. The molecular weight excluding hydrogens is 379 g/mol. The zero-order chi connectivity index (χ0) is 13.5. The smallest absolute Gasteiger partial charge is 0.268 e. The highest BCUT2D eigenvalue weighted by Gasteiger charge is 2.40. The summed E-state index contributed by atoms with van der Waals surface area (Å²) in [6.07, 6.45) is 8.10. The van der Waals surface area contributed by atoms with E-state index in [2.05, 4.69) is 4.98 Å². The minimum absolute atomic E-state index is 0.00737. The molecule has 104 valence electrons. The Hall–Kier alpha value is -0.140. The number of aromatic nitrogens is 2. The zero-order valence-electron chi connectivity index (χ0n) is 10.6. The fourth-order valence-electron chi connectivity index (χ4n) is 3.29.